The van der Waals surface area contributed by atoms with Crippen LogP contribution in [-0.4, -0.2) is 21.0 Å². The first-order valence-corrected chi connectivity index (χ1v) is 7.18. The fraction of sp³-hybridized carbons (Fsp3) is 0.0556. The van der Waals surface area contributed by atoms with Gasteiger partial charge in [0.25, 0.3) is 0 Å². The summed E-state index contributed by atoms with van der Waals surface area (Å²) >= 11 is 0. The number of hydrogen-bond donors (Lipinski definition) is 1. The van der Waals surface area contributed by atoms with Crippen molar-refractivity contribution in [3.63, 3.8) is 0 Å². The zero-order valence-electron chi connectivity index (χ0n) is 12.7. The van der Waals surface area contributed by atoms with E-state index in [4.69, 9.17) is 0 Å². The molecule has 0 spiro atoms. The summed E-state index contributed by atoms with van der Waals surface area (Å²) in [6.07, 6.45) is 1.11. The van der Waals surface area contributed by atoms with Crippen molar-refractivity contribution in [1.29, 1.82) is 0 Å². The Morgan fingerprint density at radius 3 is 2.32 bits per heavy atom. The molecule has 0 aliphatic carbocycles. The van der Waals surface area contributed by atoms with Gasteiger partial charge in [0.1, 0.15) is 5.69 Å². The number of aromatic nitrogens is 2. The number of pyridine rings is 2. The van der Waals surface area contributed by atoms with Crippen LogP contribution in [0.2, 0.25) is 0 Å². The van der Waals surface area contributed by atoms with Crippen LogP contribution in [0.5, 0.6) is 0 Å². The third-order valence-corrected chi connectivity index (χ3v) is 3.54. The Morgan fingerprint density at radius 2 is 1.64 bits per heavy atom. The van der Waals surface area contributed by atoms with E-state index in [1.54, 1.807) is 24.3 Å². The van der Waals surface area contributed by atoms with Crippen LogP contribution in [0.25, 0.3) is 23.1 Å². The van der Waals surface area contributed by atoms with Gasteiger partial charge in [0.05, 0.1) is 11.1 Å². The van der Waals surface area contributed by atoms with E-state index in [0.717, 1.165) is 12.3 Å². The van der Waals surface area contributed by atoms with Crippen LogP contribution < -0.4 is 0 Å². The van der Waals surface area contributed by atoms with Crippen molar-refractivity contribution in [2.75, 3.05) is 0 Å². The Balaban J connectivity index is 1.97. The van der Waals surface area contributed by atoms with E-state index >= 15 is 0 Å². The Hall–Kier alpha value is -3.22. The van der Waals surface area contributed by atoms with Gasteiger partial charge in [-0.3, -0.25) is 9.97 Å². The SMILES string of the molecule is O=C(O)c1ccnc2ccc(/C=C/c3ccnc(C(F)(F)F)c3)cc12. The maximum Gasteiger partial charge on any atom is 0.433 e. The zero-order chi connectivity index (χ0) is 18.0. The fourth-order valence-corrected chi connectivity index (χ4v) is 2.35. The average molecular weight is 344 g/mol. The standard InChI is InChI=1S/C18H11F3N2O2/c19-18(20,21)16-10-12(5-7-23-16)2-1-11-3-4-15-14(9-11)13(17(24)25)6-8-22-15/h1-10H,(H,24,25)/b2-1+. The third kappa shape index (κ3) is 3.65. The molecule has 1 aromatic carbocycles. The van der Waals surface area contributed by atoms with Crippen molar-refractivity contribution in [2.24, 2.45) is 0 Å². The number of rotatable bonds is 3. The molecule has 0 atom stereocenters. The number of carboxylic acid groups (broad SMARTS) is 1. The van der Waals surface area contributed by atoms with Gasteiger partial charge in [0.2, 0.25) is 0 Å². The molecule has 2 heterocycles. The summed E-state index contributed by atoms with van der Waals surface area (Å²) in [6.45, 7) is 0. The molecule has 3 rings (SSSR count). The molecule has 2 aromatic heterocycles. The Kier molecular flexibility index (Phi) is 4.22. The van der Waals surface area contributed by atoms with Crippen LogP contribution in [0.3, 0.4) is 0 Å². The Labute approximate surface area is 140 Å². The smallest absolute Gasteiger partial charge is 0.433 e. The van der Waals surface area contributed by atoms with E-state index in [1.807, 2.05) is 0 Å². The highest BCUT2D eigenvalue weighted by molar-refractivity contribution is 6.03. The highest BCUT2D eigenvalue weighted by Gasteiger charge is 2.32. The molecule has 0 radical (unpaired) electrons. The van der Waals surface area contributed by atoms with Gasteiger partial charge in [-0.25, -0.2) is 4.79 Å². The summed E-state index contributed by atoms with van der Waals surface area (Å²) in [7, 11) is 0. The number of carboxylic acids is 1. The molecule has 0 saturated heterocycles. The molecule has 0 aliphatic rings. The molecule has 3 aromatic rings. The minimum atomic E-state index is -4.51. The van der Waals surface area contributed by atoms with Gasteiger partial charge in [-0.1, -0.05) is 18.2 Å². The van der Waals surface area contributed by atoms with Crippen LogP contribution in [0.4, 0.5) is 13.2 Å². The number of carbonyl (C=O) groups is 1. The van der Waals surface area contributed by atoms with Gasteiger partial charge >= 0.3 is 12.1 Å². The second-order valence-electron chi connectivity index (χ2n) is 5.25. The second kappa shape index (κ2) is 6.35. The summed E-state index contributed by atoms with van der Waals surface area (Å²) in [5.41, 5.74) is 0.662. The van der Waals surface area contributed by atoms with Crippen molar-refractivity contribution in [3.8, 4) is 0 Å². The summed E-state index contributed by atoms with van der Waals surface area (Å²) in [5, 5.41) is 9.69. The quantitative estimate of drug-likeness (QED) is 0.759. The van der Waals surface area contributed by atoms with Crippen molar-refractivity contribution in [1.82, 2.24) is 9.97 Å². The number of fused-ring (bicyclic) bond motifs is 1. The van der Waals surface area contributed by atoms with Crippen LogP contribution >= 0.6 is 0 Å². The predicted octanol–water partition coefficient (Wildman–Crippen LogP) is 4.52. The third-order valence-electron chi connectivity index (χ3n) is 3.54. The summed E-state index contributed by atoms with van der Waals surface area (Å²) < 4.78 is 38.0. The minimum absolute atomic E-state index is 0.114. The van der Waals surface area contributed by atoms with Crippen molar-refractivity contribution in [3.05, 3.63) is 71.2 Å². The summed E-state index contributed by atoms with van der Waals surface area (Å²) in [5.74, 6) is -1.07. The molecular formula is C18H11F3N2O2. The Morgan fingerprint density at radius 1 is 0.960 bits per heavy atom. The lowest BCUT2D eigenvalue weighted by Gasteiger charge is -2.05. The summed E-state index contributed by atoms with van der Waals surface area (Å²) in [4.78, 5) is 18.7. The zero-order valence-corrected chi connectivity index (χ0v) is 12.7. The van der Waals surface area contributed by atoms with E-state index in [9.17, 15) is 23.1 Å². The molecule has 0 aliphatic heterocycles. The maximum absolute atomic E-state index is 12.7. The number of alkyl halides is 3. The molecule has 4 nitrogen and oxygen atoms in total. The maximum atomic E-state index is 12.7. The molecule has 0 saturated carbocycles. The Bertz CT molecular complexity index is 981. The van der Waals surface area contributed by atoms with E-state index in [2.05, 4.69) is 9.97 Å². The molecule has 0 amide bonds. The van der Waals surface area contributed by atoms with Gasteiger partial charge in [-0.15, -0.1) is 0 Å². The summed E-state index contributed by atoms with van der Waals surface area (Å²) in [6, 6.07) is 8.81. The number of halogens is 3. The molecule has 0 bridgehead atoms. The highest BCUT2D eigenvalue weighted by atomic mass is 19.4. The predicted molar refractivity (Wildman–Crippen MR) is 86.9 cm³/mol. The van der Waals surface area contributed by atoms with Crippen LogP contribution in [-0.2, 0) is 6.18 Å². The average Bonchev–Trinajstić information content (AvgIpc) is 2.58. The van der Waals surface area contributed by atoms with Gasteiger partial charge in [-0.2, -0.15) is 13.2 Å². The molecular weight excluding hydrogens is 333 g/mol. The van der Waals surface area contributed by atoms with Crippen molar-refractivity contribution >= 4 is 29.0 Å². The van der Waals surface area contributed by atoms with Crippen molar-refractivity contribution in [2.45, 2.75) is 6.18 Å². The highest BCUT2D eigenvalue weighted by Crippen LogP contribution is 2.28. The van der Waals surface area contributed by atoms with Crippen LogP contribution in [0, 0.1) is 0 Å². The normalized spacial score (nSPS) is 12.0. The minimum Gasteiger partial charge on any atom is -0.478 e. The molecule has 126 valence electrons. The van der Waals surface area contributed by atoms with Crippen LogP contribution in [0.1, 0.15) is 27.2 Å². The monoisotopic (exact) mass is 344 g/mol. The largest absolute Gasteiger partial charge is 0.478 e. The van der Waals surface area contributed by atoms with E-state index in [-0.39, 0.29) is 5.56 Å². The van der Waals surface area contributed by atoms with Gasteiger partial charge in [0, 0.05) is 17.8 Å². The van der Waals surface area contributed by atoms with E-state index in [0.29, 0.717) is 22.0 Å². The van der Waals surface area contributed by atoms with E-state index < -0.39 is 17.8 Å². The first kappa shape index (κ1) is 16.6. The first-order chi connectivity index (χ1) is 11.8. The number of hydrogen-bond acceptors (Lipinski definition) is 3. The van der Waals surface area contributed by atoms with Crippen LogP contribution in [0.15, 0.2) is 48.8 Å². The lowest BCUT2D eigenvalue weighted by Crippen LogP contribution is -2.07. The number of benzene rings is 1. The lowest BCUT2D eigenvalue weighted by molar-refractivity contribution is -0.141. The molecule has 0 unspecified atom stereocenters. The lowest BCUT2D eigenvalue weighted by atomic mass is 10.1. The van der Waals surface area contributed by atoms with E-state index in [1.165, 1.54) is 24.4 Å². The van der Waals surface area contributed by atoms with Gasteiger partial charge < -0.3 is 5.11 Å². The first-order valence-electron chi connectivity index (χ1n) is 7.18. The molecule has 25 heavy (non-hydrogen) atoms. The molecule has 1 N–H and O–H groups in total. The van der Waals surface area contributed by atoms with Crippen molar-refractivity contribution < 1.29 is 23.1 Å². The number of aromatic carboxylic acids is 1. The van der Waals surface area contributed by atoms with Gasteiger partial charge in [-0.05, 0) is 41.5 Å². The molecule has 7 heteroatoms. The van der Waals surface area contributed by atoms with Gasteiger partial charge in [0.15, 0.2) is 0 Å². The second-order valence-corrected chi connectivity index (χ2v) is 5.25. The molecule has 0 fully saturated rings. The number of nitrogens with zero attached hydrogens (tertiary/aromatic N) is 2. The topological polar surface area (TPSA) is 63.1 Å². The fourth-order valence-electron chi connectivity index (χ4n) is 2.35.